The fourth-order valence-corrected chi connectivity index (χ4v) is 3.47. The van der Waals surface area contributed by atoms with Crippen LogP contribution in [0.2, 0.25) is 0 Å². The van der Waals surface area contributed by atoms with E-state index in [-0.39, 0.29) is 24.7 Å². The molecule has 0 aliphatic rings. The molecule has 0 fully saturated rings. The van der Waals surface area contributed by atoms with Crippen molar-refractivity contribution in [1.29, 1.82) is 0 Å². The summed E-state index contributed by atoms with van der Waals surface area (Å²) in [6, 6.07) is 6.40. The van der Waals surface area contributed by atoms with E-state index < -0.39 is 17.5 Å². The van der Waals surface area contributed by atoms with Crippen LogP contribution in [0.15, 0.2) is 35.1 Å². The molecule has 9 heteroatoms. The number of nitrogens with zero attached hydrogens (tertiary/aromatic N) is 2. The van der Waals surface area contributed by atoms with Gasteiger partial charge >= 0.3 is 0 Å². The highest BCUT2D eigenvalue weighted by atomic mass is 32.1. The lowest BCUT2D eigenvalue weighted by molar-refractivity contribution is 0.0915. The average Bonchev–Trinajstić information content (AvgIpc) is 2.97. The normalized spacial score (nSPS) is 12.1. The Morgan fingerprint density at radius 1 is 1.41 bits per heavy atom. The molecule has 1 unspecified atom stereocenters. The third-order valence-corrected chi connectivity index (χ3v) is 4.77. The second-order valence-electron chi connectivity index (χ2n) is 6.01. The van der Waals surface area contributed by atoms with E-state index in [0.717, 1.165) is 0 Å². The van der Waals surface area contributed by atoms with Gasteiger partial charge in [0.15, 0.2) is 4.96 Å². The first-order chi connectivity index (χ1) is 12.9. The number of ether oxygens (including phenoxy) is 1. The Kier molecular flexibility index (Phi) is 5.52. The second kappa shape index (κ2) is 7.85. The van der Waals surface area contributed by atoms with Gasteiger partial charge in [-0.1, -0.05) is 0 Å². The Morgan fingerprint density at radius 3 is 2.78 bits per heavy atom. The van der Waals surface area contributed by atoms with Gasteiger partial charge in [-0.3, -0.25) is 9.59 Å². The molecule has 0 spiro atoms. The lowest BCUT2D eigenvalue weighted by atomic mass is 10.3. The number of aryl methyl sites for hydroxylation is 1. The Balaban J connectivity index is 1.88. The van der Waals surface area contributed by atoms with Crippen LogP contribution < -0.4 is 15.6 Å². The van der Waals surface area contributed by atoms with Crippen molar-refractivity contribution < 1.29 is 19.0 Å². The van der Waals surface area contributed by atoms with E-state index in [2.05, 4.69) is 10.3 Å². The van der Waals surface area contributed by atoms with Crippen molar-refractivity contribution in [1.82, 2.24) is 14.7 Å². The highest BCUT2D eigenvalue weighted by Crippen LogP contribution is 2.20. The number of fused-ring (bicyclic) bond motifs is 1. The minimum atomic E-state index is -0.445. The predicted octanol–water partition coefficient (Wildman–Crippen LogP) is 1.89. The molecule has 0 saturated carbocycles. The Morgan fingerprint density at radius 2 is 2.11 bits per heavy atom. The predicted molar refractivity (Wildman–Crippen MR) is 98.8 cm³/mol. The molecule has 1 amide bonds. The van der Waals surface area contributed by atoms with Crippen molar-refractivity contribution in [3.63, 3.8) is 0 Å². The van der Waals surface area contributed by atoms with Gasteiger partial charge in [0.2, 0.25) is 0 Å². The molecule has 7 nitrogen and oxygen atoms in total. The van der Waals surface area contributed by atoms with Gasteiger partial charge < -0.3 is 15.2 Å². The number of aromatic nitrogens is 2. The van der Waals surface area contributed by atoms with E-state index in [1.165, 1.54) is 46.1 Å². The zero-order valence-electron chi connectivity index (χ0n) is 14.7. The number of thiazole rings is 1. The van der Waals surface area contributed by atoms with Crippen molar-refractivity contribution in [2.24, 2.45) is 0 Å². The zero-order valence-corrected chi connectivity index (χ0v) is 15.5. The van der Waals surface area contributed by atoms with E-state index in [1.54, 1.807) is 13.8 Å². The number of rotatable bonds is 6. The van der Waals surface area contributed by atoms with Crippen LogP contribution in [0.25, 0.3) is 4.96 Å². The first-order valence-electron chi connectivity index (χ1n) is 8.21. The Hall–Kier alpha value is -2.78. The molecule has 142 valence electrons. The van der Waals surface area contributed by atoms with E-state index in [0.29, 0.717) is 21.3 Å². The highest BCUT2D eigenvalue weighted by molar-refractivity contribution is 7.17. The number of hydrogen-bond acceptors (Lipinski definition) is 6. The van der Waals surface area contributed by atoms with Crippen LogP contribution in [-0.4, -0.2) is 33.0 Å². The number of aliphatic hydroxyl groups is 1. The molecule has 3 aromatic rings. The van der Waals surface area contributed by atoms with E-state index >= 15 is 0 Å². The van der Waals surface area contributed by atoms with Crippen LogP contribution in [0.1, 0.15) is 28.0 Å². The summed E-state index contributed by atoms with van der Waals surface area (Å²) in [5, 5.41) is 11.7. The van der Waals surface area contributed by atoms with Crippen LogP contribution in [0.3, 0.4) is 0 Å². The first-order valence-corrected chi connectivity index (χ1v) is 9.03. The van der Waals surface area contributed by atoms with Crippen molar-refractivity contribution in [3.05, 3.63) is 62.8 Å². The first kappa shape index (κ1) is 19.0. The summed E-state index contributed by atoms with van der Waals surface area (Å²) >= 11 is 1.22. The molecule has 2 heterocycles. The maximum absolute atomic E-state index is 12.9. The third kappa shape index (κ3) is 4.15. The fourth-order valence-electron chi connectivity index (χ4n) is 2.48. The largest absolute Gasteiger partial charge is 0.487 e. The summed E-state index contributed by atoms with van der Waals surface area (Å²) in [6.07, 6.45) is 0. The molecule has 1 atom stereocenters. The van der Waals surface area contributed by atoms with Gasteiger partial charge in [0.25, 0.3) is 11.5 Å². The van der Waals surface area contributed by atoms with E-state index in [9.17, 15) is 14.0 Å². The van der Waals surface area contributed by atoms with Gasteiger partial charge in [-0.2, -0.15) is 0 Å². The highest BCUT2D eigenvalue weighted by Gasteiger charge is 2.20. The summed E-state index contributed by atoms with van der Waals surface area (Å²) in [5.41, 5.74) is 0.212. The smallest absolute Gasteiger partial charge is 0.269 e. The molecule has 0 aliphatic heterocycles. The molecule has 27 heavy (non-hydrogen) atoms. The maximum Gasteiger partial charge on any atom is 0.269 e. The standard InChI is InChI=1S/C18H18FN3O4S/c1-10(8-23)20-17(25)16-11(2)27-18-21-13(7-15(24)22(16)18)9-26-14-5-3-12(19)4-6-14/h3-7,10,23H,8-9H2,1-2H3,(H,20,25). The molecule has 0 radical (unpaired) electrons. The minimum Gasteiger partial charge on any atom is -0.487 e. The van der Waals surface area contributed by atoms with Gasteiger partial charge in [-0.05, 0) is 38.1 Å². The van der Waals surface area contributed by atoms with Crippen LogP contribution >= 0.6 is 11.3 Å². The summed E-state index contributed by atoms with van der Waals surface area (Å²) < 4.78 is 19.7. The third-order valence-electron chi connectivity index (χ3n) is 3.81. The number of nitrogens with one attached hydrogen (secondary N) is 1. The van der Waals surface area contributed by atoms with Crippen molar-refractivity contribution in [2.45, 2.75) is 26.5 Å². The van der Waals surface area contributed by atoms with Crippen molar-refractivity contribution in [3.8, 4) is 5.75 Å². The lowest BCUT2D eigenvalue weighted by Crippen LogP contribution is -2.37. The maximum atomic E-state index is 12.9. The van der Waals surface area contributed by atoms with Crippen LogP contribution in [-0.2, 0) is 6.61 Å². The molecule has 3 rings (SSSR count). The lowest BCUT2D eigenvalue weighted by Gasteiger charge is -2.11. The second-order valence-corrected chi connectivity index (χ2v) is 7.19. The fraction of sp³-hybridized carbons (Fsp3) is 0.278. The number of carbonyl (C=O) groups is 1. The van der Waals surface area contributed by atoms with Crippen molar-refractivity contribution in [2.75, 3.05) is 6.61 Å². The SMILES string of the molecule is Cc1sc2nc(COc3ccc(F)cc3)cc(=O)n2c1C(=O)NC(C)CO. The number of halogens is 1. The van der Waals surface area contributed by atoms with Gasteiger partial charge in [-0.25, -0.2) is 13.8 Å². The van der Waals surface area contributed by atoms with Crippen LogP contribution in [0, 0.1) is 12.7 Å². The molecule has 2 N–H and O–H groups in total. The minimum absolute atomic E-state index is 0.0391. The molecule has 2 aromatic heterocycles. The number of aliphatic hydroxyl groups excluding tert-OH is 1. The van der Waals surface area contributed by atoms with Gasteiger partial charge in [0, 0.05) is 17.0 Å². The number of benzene rings is 1. The topological polar surface area (TPSA) is 92.9 Å². The Bertz CT molecular complexity index is 1030. The summed E-state index contributed by atoms with van der Waals surface area (Å²) in [4.78, 5) is 30.4. The van der Waals surface area contributed by atoms with Gasteiger partial charge in [0.05, 0.1) is 12.3 Å². The molecule has 0 saturated heterocycles. The van der Waals surface area contributed by atoms with Crippen LogP contribution in [0.5, 0.6) is 5.75 Å². The number of amides is 1. The zero-order chi connectivity index (χ0) is 19.6. The van der Waals surface area contributed by atoms with Crippen molar-refractivity contribution >= 4 is 22.2 Å². The Labute approximate surface area is 158 Å². The summed E-state index contributed by atoms with van der Waals surface area (Å²) in [6.45, 7) is 3.22. The number of hydrogen-bond donors (Lipinski definition) is 2. The van der Waals surface area contributed by atoms with Gasteiger partial charge in [-0.15, -0.1) is 11.3 Å². The molecular weight excluding hydrogens is 373 g/mol. The molecule has 0 bridgehead atoms. The average molecular weight is 391 g/mol. The van der Waals surface area contributed by atoms with E-state index in [1.807, 2.05) is 0 Å². The summed E-state index contributed by atoms with van der Waals surface area (Å²) in [5.74, 6) is -0.353. The molecule has 1 aromatic carbocycles. The number of carbonyl (C=O) groups excluding carboxylic acids is 1. The van der Waals surface area contributed by atoms with Gasteiger partial charge in [0.1, 0.15) is 23.9 Å². The molecular formula is C18H18FN3O4S. The monoisotopic (exact) mass is 391 g/mol. The molecule has 0 aliphatic carbocycles. The quantitative estimate of drug-likeness (QED) is 0.669. The van der Waals surface area contributed by atoms with E-state index in [4.69, 9.17) is 9.84 Å². The summed E-state index contributed by atoms with van der Waals surface area (Å²) in [7, 11) is 0. The van der Waals surface area contributed by atoms with Crippen LogP contribution in [0.4, 0.5) is 4.39 Å².